The van der Waals surface area contributed by atoms with Gasteiger partial charge in [-0.1, -0.05) is 161 Å². The summed E-state index contributed by atoms with van der Waals surface area (Å²) in [5.74, 6) is 3.56. The van der Waals surface area contributed by atoms with E-state index in [-0.39, 0.29) is 21.7 Å². The number of rotatable bonds is 22. The first kappa shape index (κ1) is 52.1. The molecule has 0 spiro atoms. The Morgan fingerprint density at radius 3 is 0.714 bits per heavy atom. The molecule has 2 radical (unpaired) electrons. The van der Waals surface area contributed by atoms with Gasteiger partial charge in [-0.15, -0.1) is 0 Å². The molecular weight excluding hydrogens is 809 g/mol. The van der Waals surface area contributed by atoms with Crippen LogP contribution in [-0.4, -0.2) is 44.5 Å². The van der Waals surface area contributed by atoms with E-state index in [0.29, 0.717) is 26.4 Å². The van der Waals surface area contributed by atoms with Crippen LogP contribution >= 0.6 is 0 Å². The average molecular weight is 893 g/mol. The highest BCUT2D eigenvalue weighted by Crippen LogP contribution is 2.31. The van der Waals surface area contributed by atoms with E-state index in [1.54, 1.807) is 0 Å². The summed E-state index contributed by atoms with van der Waals surface area (Å²) in [6.07, 6.45) is 8.31. The van der Waals surface area contributed by atoms with Gasteiger partial charge >= 0.3 is 0 Å². The number of ether oxygens (including phenoxy) is 4. The Kier molecular flexibility index (Phi) is 19.1. The van der Waals surface area contributed by atoms with Crippen molar-refractivity contribution in [3.05, 3.63) is 95.1 Å². The highest BCUT2D eigenvalue weighted by molar-refractivity contribution is 6.92. The van der Waals surface area contributed by atoms with Crippen molar-refractivity contribution in [2.45, 2.75) is 184 Å². The van der Waals surface area contributed by atoms with Gasteiger partial charge in [-0.25, -0.2) is 0 Å². The van der Waals surface area contributed by atoms with Crippen LogP contribution < -0.4 is 39.7 Å². The molecule has 7 heteroatoms. The molecule has 0 atom stereocenters. The molecule has 0 aliphatic heterocycles. The van der Waals surface area contributed by atoms with Gasteiger partial charge in [-0.05, 0) is 139 Å². The Bertz CT molecular complexity index is 1740. The maximum atomic E-state index is 8.44. The van der Waals surface area contributed by atoms with E-state index >= 15 is 0 Å². The fourth-order valence-electron chi connectivity index (χ4n) is 7.77. The first-order valence-electron chi connectivity index (χ1n) is 24.2. The fourth-order valence-corrected chi connectivity index (χ4v) is 14.8. The van der Waals surface area contributed by atoms with E-state index in [4.69, 9.17) is 23.1 Å². The first-order valence-corrected chi connectivity index (χ1v) is 27.0. The quantitative estimate of drug-likeness (QED) is 0.0581. The average Bonchev–Trinajstić information content (AvgIpc) is 3.20. The summed E-state index contributed by atoms with van der Waals surface area (Å²) in [4.78, 5) is 0. The SMILES string of the molecule is CCCCOc1ccc(C(C)(C)C)c([Si](O[Si](c2cc(OCCCC)ccc2C(C)(C)C)c2cc(OCCCC)ccc2C(C)(C)C)c2cc(OCCCC)ccc2C(C)(C)C)c1. The maximum Gasteiger partial charge on any atom is 0.273 e. The van der Waals surface area contributed by atoms with Crippen LogP contribution in [0.15, 0.2) is 72.8 Å². The molecule has 0 amide bonds. The lowest BCUT2D eigenvalue weighted by Gasteiger charge is -2.35. The molecule has 0 aliphatic carbocycles. The van der Waals surface area contributed by atoms with E-state index in [2.05, 4.69) is 184 Å². The van der Waals surface area contributed by atoms with E-state index in [9.17, 15) is 0 Å². The van der Waals surface area contributed by atoms with Crippen molar-refractivity contribution < 1.29 is 23.1 Å². The zero-order valence-electron chi connectivity index (χ0n) is 42.5. The summed E-state index contributed by atoms with van der Waals surface area (Å²) in [5, 5.41) is 4.89. The van der Waals surface area contributed by atoms with Gasteiger partial charge in [-0.3, -0.25) is 0 Å². The van der Waals surface area contributed by atoms with E-state index in [1.807, 2.05) is 0 Å². The zero-order chi connectivity index (χ0) is 46.6. The summed E-state index contributed by atoms with van der Waals surface area (Å²) in [6.45, 7) is 39.5. The number of hydrogen-bond acceptors (Lipinski definition) is 5. The molecule has 5 nitrogen and oxygen atoms in total. The summed E-state index contributed by atoms with van der Waals surface area (Å²) in [5.41, 5.74) is 4.41. The van der Waals surface area contributed by atoms with Crippen LogP contribution in [0.5, 0.6) is 23.0 Å². The first-order chi connectivity index (χ1) is 29.6. The second-order valence-corrected chi connectivity index (χ2v) is 25.7. The van der Waals surface area contributed by atoms with Crippen molar-refractivity contribution >= 4 is 38.8 Å². The minimum atomic E-state index is -2.11. The lowest BCUT2D eigenvalue weighted by Crippen LogP contribution is -2.60. The minimum Gasteiger partial charge on any atom is -0.494 e. The van der Waals surface area contributed by atoms with E-state index in [1.165, 1.54) is 43.0 Å². The number of benzene rings is 4. The molecule has 0 unspecified atom stereocenters. The smallest absolute Gasteiger partial charge is 0.273 e. The Labute approximate surface area is 388 Å². The predicted molar refractivity (Wildman–Crippen MR) is 273 cm³/mol. The van der Waals surface area contributed by atoms with Crippen LogP contribution in [0.1, 0.15) is 184 Å². The molecule has 0 aliphatic rings. The molecule has 0 aromatic heterocycles. The monoisotopic (exact) mass is 893 g/mol. The molecular formula is C56H84O5Si2. The summed E-state index contributed by atoms with van der Waals surface area (Å²) in [7, 11) is -4.21. The van der Waals surface area contributed by atoms with Crippen LogP contribution in [0.25, 0.3) is 0 Å². The molecule has 0 heterocycles. The largest absolute Gasteiger partial charge is 0.494 e. The topological polar surface area (TPSA) is 46.2 Å². The summed E-state index contributed by atoms with van der Waals surface area (Å²) in [6, 6.07) is 27.2. The molecule has 0 bridgehead atoms. The Morgan fingerprint density at radius 2 is 0.540 bits per heavy atom. The van der Waals surface area contributed by atoms with Crippen LogP contribution in [0, 0.1) is 0 Å². The third kappa shape index (κ3) is 14.7. The molecule has 63 heavy (non-hydrogen) atoms. The normalized spacial score (nSPS) is 12.6. The van der Waals surface area contributed by atoms with Gasteiger partial charge in [0.05, 0.1) is 26.4 Å². The van der Waals surface area contributed by atoms with Gasteiger partial charge in [-0.2, -0.15) is 0 Å². The van der Waals surface area contributed by atoms with Gasteiger partial charge in [0, 0.05) is 0 Å². The second-order valence-electron chi connectivity index (χ2n) is 21.4. The van der Waals surface area contributed by atoms with Crippen LogP contribution in [-0.2, 0) is 25.8 Å². The van der Waals surface area contributed by atoms with Crippen molar-refractivity contribution in [1.29, 1.82) is 0 Å². The molecule has 0 saturated heterocycles. The molecule has 346 valence electrons. The van der Waals surface area contributed by atoms with Gasteiger partial charge < -0.3 is 23.1 Å². The highest BCUT2D eigenvalue weighted by atomic mass is 28.4. The molecule has 0 fully saturated rings. The molecule has 4 aromatic carbocycles. The van der Waals surface area contributed by atoms with Gasteiger partial charge in [0.1, 0.15) is 23.0 Å². The molecule has 0 N–H and O–H groups in total. The summed E-state index contributed by atoms with van der Waals surface area (Å²) >= 11 is 0. The molecule has 4 aromatic rings. The summed E-state index contributed by atoms with van der Waals surface area (Å²) < 4.78 is 34.7. The van der Waals surface area contributed by atoms with Crippen LogP contribution in [0.4, 0.5) is 0 Å². The van der Waals surface area contributed by atoms with Crippen LogP contribution in [0.2, 0.25) is 0 Å². The number of unbranched alkanes of at least 4 members (excludes halogenated alkanes) is 4. The minimum absolute atomic E-state index is 0.173. The van der Waals surface area contributed by atoms with Gasteiger partial charge in [0.25, 0.3) is 18.1 Å². The second kappa shape index (κ2) is 23.1. The lowest BCUT2D eigenvalue weighted by atomic mass is 9.86. The van der Waals surface area contributed by atoms with Crippen molar-refractivity contribution in [2.24, 2.45) is 0 Å². The third-order valence-electron chi connectivity index (χ3n) is 11.4. The molecule has 0 saturated carbocycles. The van der Waals surface area contributed by atoms with E-state index in [0.717, 1.165) is 74.4 Å². The Morgan fingerprint density at radius 1 is 0.333 bits per heavy atom. The predicted octanol–water partition coefficient (Wildman–Crippen LogP) is 12.5. The standard InChI is InChI=1S/C56H84O5Si2/c1-17-21-33-57-41-25-29-45(53(5,6)7)49(37-41)62(50-38-42(58-34-22-18-2)26-30-46(50)54(8,9)10)61-63(51-39-43(59-35-23-19-3)27-31-47(51)55(11,12)13)52-40-44(60-36-24-20-4)28-32-48(52)56(14,15)16/h25-32,37-40H,17-24,33-36H2,1-16H3. The number of hydrogen-bond donors (Lipinski definition) is 0. The molecule has 4 rings (SSSR count). The Hall–Kier alpha value is -3.53. The van der Waals surface area contributed by atoms with Crippen molar-refractivity contribution in [3.63, 3.8) is 0 Å². The fraction of sp³-hybridized carbons (Fsp3) is 0.571. The van der Waals surface area contributed by atoms with Gasteiger partial charge in [0.2, 0.25) is 0 Å². The maximum absolute atomic E-state index is 8.44. The highest BCUT2D eigenvalue weighted by Gasteiger charge is 2.39. The Balaban J connectivity index is 2.24. The van der Waals surface area contributed by atoms with Crippen molar-refractivity contribution in [3.8, 4) is 23.0 Å². The van der Waals surface area contributed by atoms with Crippen molar-refractivity contribution in [1.82, 2.24) is 0 Å². The van der Waals surface area contributed by atoms with Gasteiger partial charge in [0.15, 0.2) is 0 Å². The van der Waals surface area contributed by atoms with E-state index < -0.39 is 18.1 Å². The zero-order valence-corrected chi connectivity index (χ0v) is 44.5. The van der Waals surface area contributed by atoms with Crippen molar-refractivity contribution in [2.75, 3.05) is 26.4 Å². The lowest BCUT2D eigenvalue weighted by molar-refractivity contribution is 0.309. The third-order valence-corrected chi connectivity index (χ3v) is 16.7. The van der Waals surface area contributed by atoms with Crippen LogP contribution in [0.3, 0.4) is 0 Å².